The van der Waals surface area contributed by atoms with Gasteiger partial charge in [0, 0.05) is 35.9 Å². The number of fused-ring (bicyclic) bond motifs is 1. The van der Waals surface area contributed by atoms with Crippen LogP contribution in [0.3, 0.4) is 0 Å². The Morgan fingerprint density at radius 2 is 1.77 bits per heavy atom. The van der Waals surface area contributed by atoms with E-state index in [4.69, 9.17) is 4.74 Å². The number of benzene rings is 2. The van der Waals surface area contributed by atoms with Gasteiger partial charge in [0.05, 0.1) is 12.2 Å². The molecule has 7 nitrogen and oxygen atoms in total. The minimum Gasteiger partial charge on any atom is -0.427 e. The lowest BCUT2D eigenvalue weighted by Crippen LogP contribution is -2.35. The molecule has 0 unspecified atom stereocenters. The monoisotopic (exact) mass is 421 g/mol. The second-order valence-electron chi connectivity index (χ2n) is 6.80. The Hall–Kier alpha value is -3.52. The van der Waals surface area contributed by atoms with Crippen molar-refractivity contribution in [2.75, 3.05) is 11.9 Å². The fraction of sp³-hybridized carbons (Fsp3) is 0.182. The van der Waals surface area contributed by atoms with Gasteiger partial charge in [0.25, 0.3) is 11.8 Å². The van der Waals surface area contributed by atoms with Crippen LogP contribution in [-0.4, -0.2) is 34.2 Å². The molecule has 30 heavy (non-hydrogen) atoms. The van der Waals surface area contributed by atoms with E-state index in [1.807, 2.05) is 30.3 Å². The van der Waals surface area contributed by atoms with Crippen LogP contribution in [0.15, 0.2) is 54.6 Å². The van der Waals surface area contributed by atoms with E-state index in [-0.39, 0.29) is 11.8 Å². The minimum atomic E-state index is -0.416. The number of rotatable bonds is 4. The number of hydrogen-bond acceptors (Lipinski definition) is 6. The highest BCUT2D eigenvalue weighted by atomic mass is 32.1. The zero-order chi connectivity index (χ0) is 21.1. The van der Waals surface area contributed by atoms with Crippen LogP contribution in [0, 0.1) is 0 Å². The smallest absolute Gasteiger partial charge is 0.308 e. The predicted molar refractivity (Wildman–Crippen MR) is 113 cm³/mol. The van der Waals surface area contributed by atoms with Crippen LogP contribution in [0.4, 0.5) is 5.13 Å². The van der Waals surface area contributed by atoms with E-state index in [9.17, 15) is 14.4 Å². The Bertz CT molecular complexity index is 1090. The standard InChI is InChI=1S/C22H19N3O4S/c1-14(26)29-17-9-7-15(8-10-17)20(27)24-22-23-18-11-12-25(13-19(18)30-22)21(28)16-5-3-2-4-6-16/h2-10H,11-13H2,1H3,(H,23,24,27). The minimum absolute atomic E-state index is 0.00638. The van der Waals surface area contributed by atoms with E-state index in [0.29, 0.717) is 41.5 Å². The van der Waals surface area contributed by atoms with E-state index in [1.54, 1.807) is 29.2 Å². The molecule has 1 aromatic heterocycles. The van der Waals surface area contributed by atoms with Gasteiger partial charge >= 0.3 is 5.97 Å². The molecular weight excluding hydrogens is 402 g/mol. The van der Waals surface area contributed by atoms with Crippen molar-refractivity contribution in [3.8, 4) is 5.75 Å². The van der Waals surface area contributed by atoms with Gasteiger partial charge in [-0.3, -0.25) is 19.7 Å². The summed E-state index contributed by atoms with van der Waals surface area (Å²) in [4.78, 5) is 43.5. The van der Waals surface area contributed by atoms with Crippen molar-refractivity contribution >= 4 is 34.3 Å². The molecule has 2 heterocycles. The number of esters is 1. The number of hydrogen-bond donors (Lipinski definition) is 1. The van der Waals surface area contributed by atoms with Gasteiger partial charge in [-0.25, -0.2) is 4.98 Å². The molecule has 1 N–H and O–H groups in total. The Balaban J connectivity index is 1.42. The fourth-order valence-electron chi connectivity index (χ4n) is 3.20. The summed E-state index contributed by atoms with van der Waals surface area (Å²) in [6.07, 6.45) is 0.650. The quantitative estimate of drug-likeness (QED) is 0.514. The van der Waals surface area contributed by atoms with Crippen LogP contribution >= 0.6 is 11.3 Å². The second-order valence-corrected chi connectivity index (χ2v) is 7.89. The van der Waals surface area contributed by atoms with E-state index >= 15 is 0 Å². The first-order valence-electron chi connectivity index (χ1n) is 9.42. The molecule has 8 heteroatoms. The van der Waals surface area contributed by atoms with Crippen LogP contribution in [0.1, 0.15) is 38.2 Å². The number of aromatic nitrogens is 1. The van der Waals surface area contributed by atoms with Gasteiger partial charge < -0.3 is 9.64 Å². The van der Waals surface area contributed by atoms with Gasteiger partial charge in [0.15, 0.2) is 5.13 Å². The molecule has 0 saturated heterocycles. The van der Waals surface area contributed by atoms with Gasteiger partial charge in [0.1, 0.15) is 5.75 Å². The zero-order valence-electron chi connectivity index (χ0n) is 16.3. The average Bonchev–Trinajstić information content (AvgIpc) is 3.15. The topological polar surface area (TPSA) is 88.6 Å². The highest BCUT2D eigenvalue weighted by Crippen LogP contribution is 2.29. The van der Waals surface area contributed by atoms with Crippen LogP contribution in [0.25, 0.3) is 0 Å². The van der Waals surface area contributed by atoms with E-state index in [0.717, 1.165) is 10.6 Å². The predicted octanol–water partition coefficient (Wildman–Crippen LogP) is 3.52. The molecule has 0 atom stereocenters. The van der Waals surface area contributed by atoms with Crippen LogP contribution in [-0.2, 0) is 17.8 Å². The van der Waals surface area contributed by atoms with Gasteiger partial charge in [-0.15, -0.1) is 0 Å². The number of ether oxygens (including phenoxy) is 1. The molecule has 1 aliphatic rings. The van der Waals surface area contributed by atoms with E-state index in [1.165, 1.54) is 18.3 Å². The maximum Gasteiger partial charge on any atom is 0.308 e. The van der Waals surface area contributed by atoms with Crippen molar-refractivity contribution in [2.24, 2.45) is 0 Å². The van der Waals surface area contributed by atoms with Gasteiger partial charge in [-0.1, -0.05) is 29.5 Å². The molecule has 1 aliphatic heterocycles. The van der Waals surface area contributed by atoms with E-state index in [2.05, 4.69) is 10.3 Å². The van der Waals surface area contributed by atoms with Crippen LogP contribution in [0.5, 0.6) is 5.75 Å². The summed E-state index contributed by atoms with van der Waals surface area (Å²) in [6, 6.07) is 15.5. The Kier molecular flexibility index (Phi) is 5.58. The van der Waals surface area contributed by atoms with Crippen molar-refractivity contribution in [1.82, 2.24) is 9.88 Å². The Morgan fingerprint density at radius 3 is 2.47 bits per heavy atom. The molecule has 2 amide bonds. The summed E-state index contributed by atoms with van der Waals surface area (Å²) in [5.41, 5.74) is 2.01. The fourth-order valence-corrected chi connectivity index (χ4v) is 4.21. The molecule has 0 fully saturated rings. The van der Waals surface area contributed by atoms with E-state index < -0.39 is 5.97 Å². The summed E-state index contributed by atoms with van der Waals surface area (Å²) in [5.74, 6) is -0.340. The summed E-state index contributed by atoms with van der Waals surface area (Å²) in [6.45, 7) is 2.39. The van der Waals surface area contributed by atoms with Crippen molar-refractivity contribution in [3.05, 3.63) is 76.3 Å². The van der Waals surface area contributed by atoms with Gasteiger partial charge in [0.2, 0.25) is 0 Å². The molecule has 0 bridgehead atoms. The number of anilines is 1. The Labute approximate surface area is 177 Å². The second kappa shape index (κ2) is 8.46. The number of thiazole rings is 1. The first-order chi connectivity index (χ1) is 14.5. The summed E-state index contributed by atoms with van der Waals surface area (Å²) >= 11 is 1.38. The van der Waals surface area contributed by atoms with Crippen molar-refractivity contribution in [2.45, 2.75) is 19.9 Å². The maximum atomic E-state index is 12.7. The molecule has 3 aromatic rings. The summed E-state index contributed by atoms with van der Waals surface area (Å²) < 4.78 is 4.97. The molecule has 4 rings (SSSR count). The van der Waals surface area contributed by atoms with Crippen LogP contribution in [0.2, 0.25) is 0 Å². The number of carbonyl (C=O) groups excluding carboxylic acids is 3. The summed E-state index contributed by atoms with van der Waals surface area (Å²) in [5, 5.41) is 3.31. The Morgan fingerprint density at radius 1 is 1.03 bits per heavy atom. The third-order valence-corrected chi connectivity index (χ3v) is 5.64. The highest BCUT2D eigenvalue weighted by molar-refractivity contribution is 7.15. The largest absolute Gasteiger partial charge is 0.427 e. The van der Waals surface area contributed by atoms with Crippen molar-refractivity contribution in [3.63, 3.8) is 0 Å². The van der Waals surface area contributed by atoms with Gasteiger partial charge in [-0.2, -0.15) is 0 Å². The third kappa shape index (κ3) is 4.38. The molecule has 0 spiro atoms. The zero-order valence-corrected chi connectivity index (χ0v) is 17.1. The SMILES string of the molecule is CC(=O)Oc1ccc(C(=O)Nc2nc3c(s2)CN(C(=O)c2ccccc2)CC3)cc1. The first-order valence-corrected chi connectivity index (χ1v) is 10.2. The molecule has 152 valence electrons. The summed E-state index contributed by atoms with van der Waals surface area (Å²) in [7, 11) is 0. The molecule has 0 saturated carbocycles. The number of nitrogens with zero attached hydrogens (tertiary/aromatic N) is 2. The lowest BCUT2D eigenvalue weighted by Gasteiger charge is -2.26. The highest BCUT2D eigenvalue weighted by Gasteiger charge is 2.25. The number of carbonyl (C=O) groups is 3. The molecule has 0 aliphatic carbocycles. The molecular formula is C22H19N3O4S. The lowest BCUT2D eigenvalue weighted by molar-refractivity contribution is -0.131. The van der Waals surface area contributed by atoms with Crippen LogP contribution < -0.4 is 10.1 Å². The number of nitrogens with one attached hydrogen (secondary N) is 1. The van der Waals surface area contributed by atoms with Crippen molar-refractivity contribution in [1.29, 1.82) is 0 Å². The first kappa shape index (κ1) is 19.8. The normalized spacial score (nSPS) is 12.8. The molecule has 0 radical (unpaired) electrons. The number of amides is 2. The average molecular weight is 421 g/mol. The lowest BCUT2D eigenvalue weighted by atomic mass is 10.1. The van der Waals surface area contributed by atoms with Crippen molar-refractivity contribution < 1.29 is 19.1 Å². The molecule has 2 aromatic carbocycles. The van der Waals surface area contributed by atoms with Gasteiger partial charge in [-0.05, 0) is 36.4 Å². The maximum absolute atomic E-state index is 12.7. The third-order valence-electron chi connectivity index (χ3n) is 4.64.